The second-order valence-corrected chi connectivity index (χ2v) is 3.81. The van der Waals surface area contributed by atoms with Gasteiger partial charge in [0.15, 0.2) is 5.78 Å². The number of carbonyl (C=O) groups is 1. The lowest BCUT2D eigenvalue weighted by molar-refractivity contribution is -0.141. The molecular weight excluding hydrogens is 206 g/mol. The van der Waals surface area contributed by atoms with Gasteiger partial charge >= 0.3 is 0 Å². The Morgan fingerprint density at radius 2 is 2.12 bits per heavy atom. The monoisotopic (exact) mass is 225 g/mol. The van der Waals surface area contributed by atoms with Gasteiger partial charge in [0.25, 0.3) is 0 Å². The van der Waals surface area contributed by atoms with Gasteiger partial charge in [-0.2, -0.15) is 5.10 Å². The fourth-order valence-electron chi connectivity index (χ4n) is 1.83. The van der Waals surface area contributed by atoms with Gasteiger partial charge in [0.1, 0.15) is 17.8 Å². The second-order valence-electron chi connectivity index (χ2n) is 3.81. The summed E-state index contributed by atoms with van der Waals surface area (Å²) in [6.07, 6.45) is 3.08. The van der Waals surface area contributed by atoms with Crippen molar-refractivity contribution < 1.29 is 9.53 Å². The number of rotatable bonds is 6. The van der Waals surface area contributed by atoms with Crippen LogP contribution in [0.1, 0.15) is 32.5 Å². The van der Waals surface area contributed by atoms with Crippen LogP contribution in [0.2, 0.25) is 0 Å². The second kappa shape index (κ2) is 5.21. The Hall–Kier alpha value is -1.23. The zero-order chi connectivity index (χ0) is 12.2. The van der Waals surface area contributed by atoms with Gasteiger partial charge in [0.2, 0.25) is 0 Å². The average Bonchev–Trinajstić information content (AvgIpc) is 2.68. The van der Waals surface area contributed by atoms with Gasteiger partial charge in [0, 0.05) is 14.2 Å². The van der Waals surface area contributed by atoms with Crippen LogP contribution >= 0.6 is 0 Å². The fraction of sp³-hybridized carbons (Fsp3) is 0.727. The van der Waals surface area contributed by atoms with Crippen molar-refractivity contribution >= 4 is 5.78 Å². The number of nitrogens with zero attached hydrogens (tertiary/aromatic N) is 3. The fourth-order valence-corrected chi connectivity index (χ4v) is 1.83. The molecule has 0 aliphatic rings. The van der Waals surface area contributed by atoms with Gasteiger partial charge in [0.05, 0.1) is 6.42 Å². The van der Waals surface area contributed by atoms with Crippen molar-refractivity contribution in [1.29, 1.82) is 0 Å². The van der Waals surface area contributed by atoms with Crippen molar-refractivity contribution in [3.63, 3.8) is 0 Å². The molecule has 0 amide bonds. The number of Topliss-reactive ketones (excluding diaryl/α,β-unsaturated/α-hetero) is 1. The van der Waals surface area contributed by atoms with Gasteiger partial charge < -0.3 is 4.74 Å². The standard InChI is InChI=1S/C11H19N3O2/c1-5-11(6-2,16-4)9(15)7-10-12-8-13-14(10)3/h8H,5-7H2,1-4H3. The molecule has 1 rings (SSSR count). The number of aryl methyl sites for hydroxylation is 1. The predicted molar refractivity (Wildman–Crippen MR) is 60.0 cm³/mol. The zero-order valence-electron chi connectivity index (χ0n) is 10.4. The van der Waals surface area contributed by atoms with Crippen molar-refractivity contribution in [2.45, 2.75) is 38.7 Å². The number of carbonyl (C=O) groups excluding carboxylic acids is 1. The molecule has 5 heteroatoms. The summed E-state index contributed by atoms with van der Waals surface area (Å²) < 4.78 is 6.99. The third kappa shape index (κ3) is 2.29. The van der Waals surface area contributed by atoms with Gasteiger partial charge in [-0.1, -0.05) is 13.8 Å². The van der Waals surface area contributed by atoms with Crippen molar-refractivity contribution in [2.24, 2.45) is 7.05 Å². The highest BCUT2D eigenvalue weighted by atomic mass is 16.5. The van der Waals surface area contributed by atoms with E-state index in [2.05, 4.69) is 10.1 Å². The number of aromatic nitrogens is 3. The summed E-state index contributed by atoms with van der Waals surface area (Å²) in [7, 11) is 3.36. The lowest BCUT2D eigenvalue weighted by Gasteiger charge is -2.28. The molecule has 0 aromatic carbocycles. The number of hydrogen-bond acceptors (Lipinski definition) is 4. The molecule has 0 radical (unpaired) electrons. The molecule has 0 fully saturated rings. The van der Waals surface area contributed by atoms with Crippen LogP contribution in [0.25, 0.3) is 0 Å². The van der Waals surface area contributed by atoms with E-state index in [4.69, 9.17) is 4.74 Å². The molecule has 0 atom stereocenters. The van der Waals surface area contributed by atoms with Crippen LogP contribution < -0.4 is 0 Å². The first-order valence-corrected chi connectivity index (χ1v) is 5.51. The largest absolute Gasteiger partial charge is 0.370 e. The van der Waals surface area contributed by atoms with E-state index in [0.717, 1.165) is 0 Å². The number of methoxy groups -OCH3 is 1. The maximum absolute atomic E-state index is 12.2. The Balaban J connectivity index is 2.81. The van der Waals surface area contributed by atoms with E-state index in [1.54, 1.807) is 18.8 Å². The number of ether oxygens (including phenoxy) is 1. The van der Waals surface area contributed by atoms with Gasteiger partial charge in [-0.25, -0.2) is 4.98 Å². The summed E-state index contributed by atoms with van der Waals surface area (Å²) in [4.78, 5) is 16.2. The van der Waals surface area contributed by atoms with E-state index < -0.39 is 5.60 Å². The van der Waals surface area contributed by atoms with E-state index in [9.17, 15) is 4.79 Å². The highest BCUT2D eigenvalue weighted by Gasteiger charge is 2.34. The average molecular weight is 225 g/mol. The zero-order valence-corrected chi connectivity index (χ0v) is 10.4. The molecule has 0 aliphatic carbocycles. The summed E-state index contributed by atoms with van der Waals surface area (Å²) in [5.74, 6) is 0.740. The highest BCUT2D eigenvalue weighted by molar-refractivity contribution is 5.88. The van der Waals surface area contributed by atoms with Crippen LogP contribution in [0.15, 0.2) is 6.33 Å². The van der Waals surface area contributed by atoms with Crippen molar-refractivity contribution in [2.75, 3.05) is 7.11 Å². The van der Waals surface area contributed by atoms with Crippen LogP contribution in [-0.2, 0) is 23.0 Å². The van der Waals surface area contributed by atoms with Gasteiger partial charge in [-0.15, -0.1) is 0 Å². The molecule has 5 nitrogen and oxygen atoms in total. The molecule has 1 aromatic rings. The molecule has 0 saturated carbocycles. The molecule has 0 spiro atoms. The molecule has 0 N–H and O–H groups in total. The predicted octanol–water partition coefficient (Wildman–Crippen LogP) is 1.13. The molecule has 16 heavy (non-hydrogen) atoms. The summed E-state index contributed by atoms with van der Waals surface area (Å²) in [5, 5.41) is 3.94. The Morgan fingerprint density at radius 1 is 1.50 bits per heavy atom. The van der Waals surface area contributed by atoms with Crippen LogP contribution in [0.4, 0.5) is 0 Å². The minimum atomic E-state index is -0.675. The molecule has 0 aliphatic heterocycles. The highest BCUT2D eigenvalue weighted by Crippen LogP contribution is 2.22. The van der Waals surface area contributed by atoms with E-state index >= 15 is 0 Å². The summed E-state index contributed by atoms with van der Waals surface area (Å²) in [6.45, 7) is 3.92. The Kier molecular flexibility index (Phi) is 4.18. The lowest BCUT2D eigenvalue weighted by Crippen LogP contribution is -2.41. The van der Waals surface area contributed by atoms with Crippen LogP contribution in [0, 0.1) is 0 Å². The molecule has 1 heterocycles. The number of ketones is 1. The van der Waals surface area contributed by atoms with E-state index in [-0.39, 0.29) is 12.2 Å². The summed E-state index contributed by atoms with van der Waals surface area (Å²) in [5.41, 5.74) is -0.675. The number of hydrogen-bond donors (Lipinski definition) is 0. The maximum atomic E-state index is 12.2. The minimum Gasteiger partial charge on any atom is -0.370 e. The van der Waals surface area contributed by atoms with E-state index in [1.165, 1.54) is 6.33 Å². The van der Waals surface area contributed by atoms with Crippen molar-refractivity contribution in [1.82, 2.24) is 14.8 Å². The molecule has 90 valence electrons. The maximum Gasteiger partial charge on any atom is 0.172 e. The first-order chi connectivity index (χ1) is 7.59. The van der Waals surface area contributed by atoms with Crippen molar-refractivity contribution in [3.8, 4) is 0 Å². The molecule has 0 saturated heterocycles. The Morgan fingerprint density at radius 3 is 2.50 bits per heavy atom. The smallest absolute Gasteiger partial charge is 0.172 e. The van der Waals surface area contributed by atoms with E-state index in [0.29, 0.717) is 18.7 Å². The van der Waals surface area contributed by atoms with E-state index in [1.807, 2.05) is 13.8 Å². The van der Waals surface area contributed by atoms with Crippen molar-refractivity contribution in [3.05, 3.63) is 12.2 Å². The summed E-state index contributed by atoms with van der Waals surface area (Å²) in [6, 6.07) is 0. The Bertz CT molecular complexity index is 348. The first kappa shape index (κ1) is 12.8. The van der Waals surface area contributed by atoms with Gasteiger partial charge in [-0.05, 0) is 12.8 Å². The molecular formula is C11H19N3O2. The quantitative estimate of drug-likeness (QED) is 0.728. The first-order valence-electron chi connectivity index (χ1n) is 5.51. The van der Waals surface area contributed by atoms with Crippen LogP contribution in [-0.4, -0.2) is 33.3 Å². The topological polar surface area (TPSA) is 57.0 Å². The van der Waals surface area contributed by atoms with Gasteiger partial charge in [-0.3, -0.25) is 9.48 Å². The third-order valence-corrected chi connectivity index (χ3v) is 3.16. The SMILES string of the molecule is CCC(CC)(OC)C(=O)Cc1ncnn1C. The molecule has 1 aromatic heterocycles. The molecule has 0 unspecified atom stereocenters. The Labute approximate surface area is 95.8 Å². The minimum absolute atomic E-state index is 0.0658. The summed E-state index contributed by atoms with van der Waals surface area (Å²) >= 11 is 0. The lowest BCUT2D eigenvalue weighted by atomic mass is 9.90. The molecule has 0 bridgehead atoms. The normalized spacial score (nSPS) is 11.8. The third-order valence-electron chi connectivity index (χ3n) is 3.16. The van der Waals surface area contributed by atoms with Crippen LogP contribution in [0.5, 0.6) is 0 Å². The van der Waals surface area contributed by atoms with Crippen LogP contribution in [0.3, 0.4) is 0 Å².